The second kappa shape index (κ2) is 3.79. The third-order valence-corrected chi connectivity index (χ3v) is 3.58. The van der Waals surface area contributed by atoms with E-state index in [-0.39, 0.29) is 0 Å². The predicted molar refractivity (Wildman–Crippen MR) is 60.0 cm³/mol. The lowest BCUT2D eigenvalue weighted by atomic mass is 10.2. The number of thiophene rings is 1. The highest BCUT2D eigenvalue weighted by atomic mass is 32.1. The van der Waals surface area contributed by atoms with E-state index in [1.807, 2.05) is 6.20 Å². The number of hydrogen-bond donors (Lipinski definition) is 0. The monoisotopic (exact) mass is 220 g/mol. The van der Waals surface area contributed by atoms with Gasteiger partial charge in [0.25, 0.3) is 0 Å². The van der Waals surface area contributed by atoms with E-state index in [1.54, 1.807) is 11.3 Å². The van der Waals surface area contributed by atoms with Crippen molar-refractivity contribution in [3.05, 3.63) is 29.9 Å². The summed E-state index contributed by atoms with van der Waals surface area (Å²) in [6.45, 7) is 1.68. The van der Waals surface area contributed by atoms with Crippen LogP contribution in [0.15, 0.2) is 29.9 Å². The number of imidazole rings is 1. The Morgan fingerprint density at radius 3 is 3.27 bits per heavy atom. The Labute approximate surface area is 92.3 Å². The Hall–Kier alpha value is -1.13. The fraction of sp³-hybridized carbons (Fsp3) is 0.364. The van der Waals surface area contributed by atoms with E-state index in [4.69, 9.17) is 4.74 Å². The van der Waals surface area contributed by atoms with E-state index in [2.05, 4.69) is 33.3 Å². The molecule has 3 nitrogen and oxygen atoms in total. The zero-order valence-corrected chi connectivity index (χ0v) is 9.11. The van der Waals surface area contributed by atoms with Gasteiger partial charge in [-0.1, -0.05) is 6.07 Å². The van der Waals surface area contributed by atoms with Crippen molar-refractivity contribution in [3.63, 3.8) is 0 Å². The van der Waals surface area contributed by atoms with Gasteiger partial charge in [-0.3, -0.25) is 0 Å². The van der Waals surface area contributed by atoms with Gasteiger partial charge in [0.15, 0.2) is 0 Å². The van der Waals surface area contributed by atoms with Crippen LogP contribution in [0.3, 0.4) is 0 Å². The molecule has 4 heteroatoms. The Kier molecular flexibility index (Phi) is 2.31. The third kappa shape index (κ3) is 1.60. The molecule has 78 valence electrons. The zero-order valence-electron chi connectivity index (χ0n) is 8.30. The van der Waals surface area contributed by atoms with Gasteiger partial charge in [0.2, 0.25) is 0 Å². The van der Waals surface area contributed by atoms with Crippen molar-refractivity contribution in [2.24, 2.45) is 0 Å². The van der Waals surface area contributed by atoms with Crippen molar-refractivity contribution in [1.29, 1.82) is 0 Å². The van der Waals surface area contributed by atoms with Crippen molar-refractivity contribution in [2.45, 2.75) is 12.5 Å². The summed E-state index contributed by atoms with van der Waals surface area (Å²) in [5.74, 6) is 1.07. The minimum absolute atomic E-state index is 0.463. The Morgan fingerprint density at radius 2 is 2.53 bits per heavy atom. The molecule has 0 spiro atoms. The van der Waals surface area contributed by atoms with Crippen LogP contribution in [-0.4, -0.2) is 22.8 Å². The molecule has 2 aromatic heterocycles. The summed E-state index contributed by atoms with van der Waals surface area (Å²) in [7, 11) is 0. The van der Waals surface area contributed by atoms with Gasteiger partial charge in [-0.25, -0.2) is 4.98 Å². The van der Waals surface area contributed by atoms with Crippen LogP contribution in [0.4, 0.5) is 0 Å². The summed E-state index contributed by atoms with van der Waals surface area (Å²) >= 11 is 1.73. The normalized spacial score (nSPS) is 20.9. The van der Waals surface area contributed by atoms with Gasteiger partial charge < -0.3 is 9.30 Å². The Morgan fingerprint density at radius 1 is 1.53 bits per heavy atom. The first-order valence-electron chi connectivity index (χ1n) is 5.09. The molecule has 2 aromatic rings. The standard InChI is InChI=1S/C11H12N2OS/c1-2-10(15-7-1)11-12-4-5-13(11)9-3-6-14-8-9/h1-2,4-5,7,9H,3,6,8H2. The van der Waals surface area contributed by atoms with Crippen LogP contribution >= 0.6 is 11.3 Å². The van der Waals surface area contributed by atoms with E-state index in [0.29, 0.717) is 6.04 Å². The van der Waals surface area contributed by atoms with E-state index in [9.17, 15) is 0 Å². The first-order chi connectivity index (χ1) is 7.45. The van der Waals surface area contributed by atoms with Gasteiger partial charge >= 0.3 is 0 Å². The molecule has 3 rings (SSSR count). The molecule has 1 unspecified atom stereocenters. The summed E-state index contributed by atoms with van der Waals surface area (Å²) in [5.41, 5.74) is 0. The summed E-state index contributed by atoms with van der Waals surface area (Å²) < 4.78 is 7.64. The van der Waals surface area contributed by atoms with Crippen molar-refractivity contribution in [3.8, 4) is 10.7 Å². The highest BCUT2D eigenvalue weighted by Gasteiger charge is 2.20. The Bertz CT molecular complexity index is 429. The summed E-state index contributed by atoms with van der Waals surface area (Å²) in [5, 5.41) is 2.08. The van der Waals surface area contributed by atoms with Gasteiger partial charge in [0, 0.05) is 19.0 Å². The quantitative estimate of drug-likeness (QED) is 0.777. The molecule has 3 heterocycles. The van der Waals surface area contributed by atoms with Crippen LogP contribution in [-0.2, 0) is 4.74 Å². The lowest BCUT2D eigenvalue weighted by molar-refractivity contribution is 0.187. The van der Waals surface area contributed by atoms with Crippen molar-refractivity contribution >= 4 is 11.3 Å². The maximum absolute atomic E-state index is 5.41. The van der Waals surface area contributed by atoms with Crippen molar-refractivity contribution < 1.29 is 4.74 Å². The minimum atomic E-state index is 0.463. The molecule has 1 saturated heterocycles. The molecular formula is C11H12N2OS. The zero-order chi connectivity index (χ0) is 10.1. The average molecular weight is 220 g/mol. The largest absolute Gasteiger partial charge is 0.379 e. The van der Waals surface area contributed by atoms with E-state index in [1.165, 1.54) is 4.88 Å². The third-order valence-electron chi connectivity index (χ3n) is 2.71. The first-order valence-corrected chi connectivity index (χ1v) is 5.97. The molecule has 0 saturated carbocycles. The SMILES string of the molecule is c1csc(-c2nccn2C2CCOC2)c1. The van der Waals surface area contributed by atoms with Gasteiger partial charge in [0.05, 0.1) is 17.5 Å². The minimum Gasteiger partial charge on any atom is -0.379 e. The number of ether oxygens (including phenoxy) is 1. The van der Waals surface area contributed by atoms with Crippen LogP contribution in [0.2, 0.25) is 0 Å². The van der Waals surface area contributed by atoms with Crippen molar-refractivity contribution in [2.75, 3.05) is 13.2 Å². The molecular weight excluding hydrogens is 208 g/mol. The highest BCUT2D eigenvalue weighted by molar-refractivity contribution is 7.13. The maximum atomic E-state index is 5.41. The van der Waals surface area contributed by atoms with Gasteiger partial charge in [-0.05, 0) is 17.9 Å². The van der Waals surface area contributed by atoms with Gasteiger partial charge in [-0.15, -0.1) is 11.3 Å². The molecule has 0 radical (unpaired) electrons. The Balaban J connectivity index is 1.98. The smallest absolute Gasteiger partial charge is 0.150 e. The number of nitrogens with zero attached hydrogens (tertiary/aromatic N) is 2. The van der Waals surface area contributed by atoms with Crippen LogP contribution in [0.25, 0.3) is 10.7 Å². The van der Waals surface area contributed by atoms with E-state index in [0.717, 1.165) is 25.5 Å². The van der Waals surface area contributed by atoms with Crippen LogP contribution in [0, 0.1) is 0 Å². The van der Waals surface area contributed by atoms with Gasteiger partial charge in [0.1, 0.15) is 5.82 Å². The predicted octanol–water partition coefficient (Wildman–Crippen LogP) is 2.57. The lowest BCUT2D eigenvalue weighted by Gasteiger charge is -2.12. The topological polar surface area (TPSA) is 27.1 Å². The maximum Gasteiger partial charge on any atom is 0.150 e. The molecule has 15 heavy (non-hydrogen) atoms. The van der Waals surface area contributed by atoms with Crippen LogP contribution < -0.4 is 0 Å². The summed E-state index contributed by atoms with van der Waals surface area (Å²) in [6.07, 6.45) is 5.01. The molecule has 0 aliphatic carbocycles. The molecule has 0 bridgehead atoms. The van der Waals surface area contributed by atoms with Crippen LogP contribution in [0.5, 0.6) is 0 Å². The number of hydrogen-bond acceptors (Lipinski definition) is 3. The van der Waals surface area contributed by atoms with E-state index < -0.39 is 0 Å². The molecule has 1 aliphatic rings. The molecule has 0 amide bonds. The lowest BCUT2D eigenvalue weighted by Crippen LogP contribution is -2.08. The number of rotatable bonds is 2. The fourth-order valence-electron chi connectivity index (χ4n) is 1.95. The van der Waals surface area contributed by atoms with Crippen LogP contribution in [0.1, 0.15) is 12.5 Å². The molecule has 1 atom stereocenters. The average Bonchev–Trinajstić information content (AvgIpc) is 3.01. The summed E-state index contributed by atoms with van der Waals surface area (Å²) in [6, 6.07) is 4.63. The highest BCUT2D eigenvalue weighted by Crippen LogP contribution is 2.28. The number of aromatic nitrogens is 2. The second-order valence-corrected chi connectivity index (χ2v) is 4.60. The van der Waals surface area contributed by atoms with E-state index >= 15 is 0 Å². The molecule has 0 aromatic carbocycles. The molecule has 1 aliphatic heterocycles. The first kappa shape index (κ1) is 9.12. The molecule has 0 N–H and O–H groups in total. The second-order valence-electron chi connectivity index (χ2n) is 3.65. The fourth-order valence-corrected chi connectivity index (χ4v) is 2.67. The van der Waals surface area contributed by atoms with Crippen molar-refractivity contribution in [1.82, 2.24) is 9.55 Å². The van der Waals surface area contributed by atoms with Gasteiger partial charge in [-0.2, -0.15) is 0 Å². The molecule has 1 fully saturated rings. The summed E-state index contributed by atoms with van der Waals surface area (Å²) in [4.78, 5) is 5.65.